The Morgan fingerprint density at radius 2 is 2.06 bits per heavy atom. The SMILES string of the molecule is O=C(N[C@H]1CCNC1)C1CCCCS1(=O)=O. The Morgan fingerprint density at radius 1 is 1.25 bits per heavy atom. The van der Waals surface area contributed by atoms with Crippen molar-refractivity contribution >= 4 is 15.7 Å². The first-order valence-corrected chi connectivity index (χ1v) is 7.54. The Bertz CT molecular complexity index is 360. The zero-order valence-corrected chi connectivity index (χ0v) is 10.1. The van der Waals surface area contributed by atoms with Crippen LogP contribution in [0.25, 0.3) is 0 Å². The number of carbonyl (C=O) groups excluding carboxylic acids is 1. The van der Waals surface area contributed by atoms with Gasteiger partial charge in [-0.2, -0.15) is 0 Å². The Labute approximate surface area is 95.9 Å². The molecule has 5 nitrogen and oxygen atoms in total. The van der Waals surface area contributed by atoms with Gasteiger partial charge in [-0.05, 0) is 25.8 Å². The lowest BCUT2D eigenvalue weighted by molar-refractivity contribution is -0.121. The van der Waals surface area contributed by atoms with Gasteiger partial charge in [0.15, 0.2) is 9.84 Å². The van der Waals surface area contributed by atoms with Gasteiger partial charge in [-0.15, -0.1) is 0 Å². The maximum absolute atomic E-state index is 11.9. The van der Waals surface area contributed by atoms with E-state index >= 15 is 0 Å². The predicted octanol–water partition coefficient (Wildman–Crippen LogP) is -0.568. The van der Waals surface area contributed by atoms with Crippen molar-refractivity contribution in [3.63, 3.8) is 0 Å². The molecule has 0 bridgehead atoms. The van der Waals surface area contributed by atoms with Crippen LogP contribution < -0.4 is 10.6 Å². The maximum Gasteiger partial charge on any atom is 0.238 e. The van der Waals surface area contributed by atoms with Gasteiger partial charge in [-0.1, -0.05) is 6.42 Å². The highest BCUT2D eigenvalue weighted by molar-refractivity contribution is 7.92. The van der Waals surface area contributed by atoms with Crippen molar-refractivity contribution in [2.24, 2.45) is 0 Å². The van der Waals surface area contributed by atoms with Crippen molar-refractivity contribution in [2.45, 2.75) is 37.0 Å². The van der Waals surface area contributed by atoms with E-state index in [1.165, 1.54) is 0 Å². The number of sulfone groups is 1. The van der Waals surface area contributed by atoms with Crippen LogP contribution in [0.3, 0.4) is 0 Å². The van der Waals surface area contributed by atoms with E-state index in [0.717, 1.165) is 25.9 Å². The van der Waals surface area contributed by atoms with E-state index in [0.29, 0.717) is 12.8 Å². The monoisotopic (exact) mass is 246 g/mol. The smallest absolute Gasteiger partial charge is 0.238 e. The van der Waals surface area contributed by atoms with Crippen LogP contribution >= 0.6 is 0 Å². The summed E-state index contributed by atoms with van der Waals surface area (Å²) in [6, 6.07) is 0.102. The Morgan fingerprint density at radius 3 is 2.69 bits per heavy atom. The highest BCUT2D eigenvalue weighted by Crippen LogP contribution is 2.19. The zero-order valence-electron chi connectivity index (χ0n) is 9.24. The van der Waals surface area contributed by atoms with Gasteiger partial charge in [0.1, 0.15) is 5.25 Å². The van der Waals surface area contributed by atoms with Crippen LogP contribution in [0.2, 0.25) is 0 Å². The minimum absolute atomic E-state index is 0.102. The topological polar surface area (TPSA) is 75.3 Å². The molecular formula is C10H18N2O3S. The molecule has 1 amide bonds. The second kappa shape index (κ2) is 4.71. The van der Waals surface area contributed by atoms with Crippen LogP contribution in [0.1, 0.15) is 25.7 Å². The summed E-state index contributed by atoms with van der Waals surface area (Å²) in [5, 5.41) is 5.16. The Hall–Kier alpha value is -0.620. The van der Waals surface area contributed by atoms with E-state index in [1.54, 1.807) is 0 Å². The van der Waals surface area contributed by atoms with Crippen molar-refractivity contribution in [1.82, 2.24) is 10.6 Å². The van der Waals surface area contributed by atoms with Crippen LogP contribution in [-0.2, 0) is 14.6 Å². The summed E-state index contributed by atoms with van der Waals surface area (Å²) in [6.45, 7) is 1.64. The van der Waals surface area contributed by atoms with E-state index in [-0.39, 0.29) is 17.7 Å². The molecule has 1 unspecified atom stereocenters. The lowest BCUT2D eigenvalue weighted by atomic mass is 10.1. The van der Waals surface area contributed by atoms with E-state index in [4.69, 9.17) is 0 Å². The summed E-state index contributed by atoms with van der Waals surface area (Å²) in [5.41, 5.74) is 0. The summed E-state index contributed by atoms with van der Waals surface area (Å²) >= 11 is 0. The average Bonchev–Trinajstić information content (AvgIpc) is 2.69. The first kappa shape index (κ1) is 11.9. The predicted molar refractivity (Wildman–Crippen MR) is 60.8 cm³/mol. The normalized spacial score (nSPS) is 33.5. The fourth-order valence-electron chi connectivity index (χ4n) is 2.32. The Balaban J connectivity index is 1.97. The highest BCUT2D eigenvalue weighted by atomic mass is 32.2. The molecule has 2 atom stereocenters. The minimum atomic E-state index is -3.20. The Kier molecular flexibility index (Phi) is 3.49. The van der Waals surface area contributed by atoms with Gasteiger partial charge in [0.2, 0.25) is 5.91 Å². The highest BCUT2D eigenvalue weighted by Gasteiger charge is 2.35. The van der Waals surface area contributed by atoms with Gasteiger partial charge in [-0.3, -0.25) is 4.79 Å². The molecule has 2 aliphatic heterocycles. The lowest BCUT2D eigenvalue weighted by Crippen LogP contribution is -2.47. The molecule has 92 valence electrons. The van der Waals surface area contributed by atoms with Crippen LogP contribution in [0.5, 0.6) is 0 Å². The molecule has 2 rings (SSSR count). The van der Waals surface area contributed by atoms with Crippen molar-refractivity contribution in [3.8, 4) is 0 Å². The van der Waals surface area contributed by atoms with Crippen LogP contribution in [0.15, 0.2) is 0 Å². The second-order valence-electron chi connectivity index (χ2n) is 4.55. The molecule has 0 aromatic carbocycles. The molecule has 2 heterocycles. The van der Waals surface area contributed by atoms with Gasteiger partial charge in [0.05, 0.1) is 5.75 Å². The quantitative estimate of drug-likeness (QED) is 0.684. The zero-order chi connectivity index (χ0) is 11.6. The average molecular weight is 246 g/mol. The second-order valence-corrected chi connectivity index (χ2v) is 6.85. The van der Waals surface area contributed by atoms with Crippen LogP contribution in [0, 0.1) is 0 Å². The third-order valence-corrected chi connectivity index (χ3v) is 5.45. The fourth-order valence-corrected chi connectivity index (χ4v) is 4.13. The first-order valence-electron chi connectivity index (χ1n) is 5.82. The van der Waals surface area contributed by atoms with Gasteiger partial charge in [0, 0.05) is 12.6 Å². The molecule has 0 aromatic rings. The van der Waals surface area contributed by atoms with Crippen LogP contribution in [-0.4, -0.2) is 44.5 Å². The molecule has 2 aliphatic rings. The molecule has 0 spiro atoms. The minimum Gasteiger partial charge on any atom is -0.351 e. The first-order chi connectivity index (χ1) is 7.59. The van der Waals surface area contributed by atoms with Crippen molar-refractivity contribution in [3.05, 3.63) is 0 Å². The summed E-state index contributed by atoms with van der Waals surface area (Å²) < 4.78 is 23.4. The van der Waals surface area contributed by atoms with E-state index in [9.17, 15) is 13.2 Å². The van der Waals surface area contributed by atoms with E-state index in [1.807, 2.05) is 0 Å². The molecule has 0 saturated carbocycles. The van der Waals surface area contributed by atoms with Crippen LogP contribution in [0.4, 0.5) is 0 Å². The third kappa shape index (κ3) is 2.55. The summed E-state index contributed by atoms with van der Waals surface area (Å²) in [6.07, 6.45) is 2.89. The summed E-state index contributed by atoms with van der Waals surface area (Å²) in [7, 11) is -3.20. The number of carbonyl (C=O) groups is 1. The van der Waals surface area contributed by atoms with Crippen molar-refractivity contribution in [1.29, 1.82) is 0 Å². The molecule has 6 heteroatoms. The van der Waals surface area contributed by atoms with E-state index in [2.05, 4.69) is 10.6 Å². The largest absolute Gasteiger partial charge is 0.351 e. The standard InChI is InChI=1S/C10H18N2O3S/c13-10(12-8-4-5-11-7-8)9-3-1-2-6-16(9,14)15/h8-9,11H,1-7H2,(H,12,13)/t8-,9?/m0/s1. The summed E-state index contributed by atoms with van der Waals surface area (Å²) in [5.74, 6) is -0.137. The maximum atomic E-state index is 11.9. The number of amides is 1. The third-order valence-electron chi connectivity index (χ3n) is 3.28. The van der Waals surface area contributed by atoms with Gasteiger partial charge < -0.3 is 10.6 Å². The van der Waals surface area contributed by atoms with Gasteiger partial charge in [-0.25, -0.2) is 8.42 Å². The molecule has 2 N–H and O–H groups in total. The molecule has 16 heavy (non-hydrogen) atoms. The number of nitrogens with one attached hydrogen (secondary N) is 2. The summed E-state index contributed by atoms with van der Waals surface area (Å²) in [4.78, 5) is 11.9. The molecule has 2 fully saturated rings. The molecule has 0 aromatic heterocycles. The number of hydrogen-bond donors (Lipinski definition) is 2. The molecule has 0 radical (unpaired) electrons. The lowest BCUT2D eigenvalue weighted by Gasteiger charge is -2.23. The number of hydrogen-bond acceptors (Lipinski definition) is 4. The van der Waals surface area contributed by atoms with Crippen molar-refractivity contribution in [2.75, 3.05) is 18.8 Å². The fraction of sp³-hybridized carbons (Fsp3) is 0.900. The molecular weight excluding hydrogens is 228 g/mol. The van der Waals surface area contributed by atoms with Gasteiger partial charge in [0.25, 0.3) is 0 Å². The number of rotatable bonds is 2. The molecule has 2 saturated heterocycles. The van der Waals surface area contributed by atoms with Crippen molar-refractivity contribution < 1.29 is 13.2 Å². The van der Waals surface area contributed by atoms with E-state index < -0.39 is 15.1 Å². The molecule has 0 aliphatic carbocycles. The van der Waals surface area contributed by atoms with Gasteiger partial charge >= 0.3 is 0 Å².